The zero-order valence-corrected chi connectivity index (χ0v) is 9.32. The van der Waals surface area contributed by atoms with Crippen LogP contribution >= 0.6 is 0 Å². The molecular formula is C10H16N2O4. The molecule has 1 aromatic rings. The van der Waals surface area contributed by atoms with Crippen LogP contribution in [0.1, 0.15) is 25.2 Å². The van der Waals surface area contributed by atoms with Crippen LogP contribution in [-0.2, 0) is 17.6 Å². The van der Waals surface area contributed by atoms with Gasteiger partial charge in [-0.3, -0.25) is 9.59 Å². The highest BCUT2D eigenvalue weighted by atomic mass is 16.5. The zero-order chi connectivity index (χ0) is 12.3. The summed E-state index contributed by atoms with van der Waals surface area (Å²) in [5.41, 5.74) is 5.57. The number of nitrogens with one attached hydrogen (secondary N) is 1. The number of carboxylic acids is 1. The fourth-order valence-corrected chi connectivity index (χ4v) is 1.42. The summed E-state index contributed by atoms with van der Waals surface area (Å²) in [6.45, 7) is 3.93. The summed E-state index contributed by atoms with van der Waals surface area (Å²) in [5.74, 6) is -0.480. The van der Waals surface area contributed by atoms with Gasteiger partial charge < -0.3 is 15.4 Å². The number of aromatic amines is 1. The number of aromatic nitrogens is 1. The van der Waals surface area contributed by atoms with Gasteiger partial charge in [-0.15, -0.1) is 0 Å². The lowest BCUT2D eigenvalue weighted by Crippen LogP contribution is -2.32. The maximum atomic E-state index is 11.4. The maximum absolute atomic E-state index is 11.4. The Hall–Kier alpha value is -1.56. The molecule has 1 atom stereocenters. The maximum Gasteiger partial charge on any atom is 0.320 e. The Balaban J connectivity index is 2.88. The average Bonchev–Trinajstić information content (AvgIpc) is 2.49. The van der Waals surface area contributed by atoms with Crippen molar-refractivity contribution < 1.29 is 14.4 Å². The van der Waals surface area contributed by atoms with Gasteiger partial charge in [-0.05, 0) is 12.3 Å². The van der Waals surface area contributed by atoms with E-state index < -0.39 is 12.0 Å². The first-order chi connectivity index (χ1) is 7.41. The van der Waals surface area contributed by atoms with Crippen LogP contribution in [0.4, 0.5) is 0 Å². The largest absolute Gasteiger partial charge is 0.480 e. The second-order valence-electron chi connectivity index (χ2n) is 4.18. The van der Waals surface area contributed by atoms with Crippen molar-refractivity contribution in [1.82, 2.24) is 5.16 Å². The van der Waals surface area contributed by atoms with Crippen LogP contribution in [0.2, 0.25) is 0 Å². The fraction of sp³-hybridized carbons (Fsp3) is 0.600. The monoisotopic (exact) mass is 228 g/mol. The fourth-order valence-electron chi connectivity index (χ4n) is 1.42. The normalized spacial score (nSPS) is 13.0. The summed E-state index contributed by atoms with van der Waals surface area (Å²) in [6, 6.07) is -1.05. The molecule has 0 amide bonds. The second kappa shape index (κ2) is 4.98. The Morgan fingerprint density at radius 2 is 2.12 bits per heavy atom. The molecule has 0 radical (unpaired) electrons. The number of aliphatic carboxylic acids is 1. The molecule has 0 fully saturated rings. The predicted molar refractivity (Wildman–Crippen MR) is 57.2 cm³/mol. The van der Waals surface area contributed by atoms with E-state index in [1.54, 1.807) is 0 Å². The molecule has 0 bridgehead atoms. The lowest BCUT2D eigenvalue weighted by molar-refractivity contribution is -0.138. The summed E-state index contributed by atoms with van der Waals surface area (Å²) in [4.78, 5) is 22.0. The first-order valence-electron chi connectivity index (χ1n) is 5.09. The Kier molecular flexibility index (Phi) is 3.89. The molecule has 0 saturated heterocycles. The molecule has 0 aliphatic rings. The van der Waals surface area contributed by atoms with Gasteiger partial charge in [0.05, 0.1) is 5.56 Å². The highest BCUT2D eigenvalue weighted by molar-refractivity contribution is 5.73. The van der Waals surface area contributed by atoms with Gasteiger partial charge in [-0.25, -0.2) is 0 Å². The molecule has 6 heteroatoms. The van der Waals surface area contributed by atoms with Crippen molar-refractivity contribution in [3.8, 4) is 0 Å². The summed E-state index contributed by atoms with van der Waals surface area (Å²) in [7, 11) is 0. The second-order valence-corrected chi connectivity index (χ2v) is 4.18. The number of hydrogen-bond donors (Lipinski definition) is 3. The molecule has 0 spiro atoms. The standard InChI is InChI=1S/C10H16N2O4/c1-5(2)3-6-8(16-12-9(6)13)4-7(11)10(14)15/h5,7H,3-4,11H2,1-2H3,(H,12,13)(H,14,15). The summed E-state index contributed by atoms with van der Waals surface area (Å²) in [6.07, 6.45) is 0.573. The Labute approximate surface area is 92.4 Å². The van der Waals surface area contributed by atoms with Crippen LogP contribution in [0.25, 0.3) is 0 Å². The van der Waals surface area contributed by atoms with E-state index in [1.165, 1.54) is 0 Å². The number of hydrogen-bond acceptors (Lipinski definition) is 4. The van der Waals surface area contributed by atoms with Crippen molar-refractivity contribution in [1.29, 1.82) is 0 Å². The number of H-pyrrole nitrogens is 1. The molecular weight excluding hydrogens is 212 g/mol. The molecule has 0 aliphatic carbocycles. The molecule has 0 saturated carbocycles. The van der Waals surface area contributed by atoms with Crippen LogP contribution in [0.3, 0.4) is 0 Å². The van der Waals surface area contributed by atoms with Crippen molar-refractivity contribution in [2.45, 2.75) is 32.7 Å². The molecule has 1 heterocycles. The van der Waals surface area contributed by atoms with Crippen LogP contribution in [-0.4, -0.2) is 22.3 Å². The van der Waals surface area contributed by atoms with Crippen molar-refractivity contribution in [2.75, 3.05) is 0 Å². The van der Waals surface area contributed by atoms with Crippen LogP contribution in [0, 0.1) is 5.92 Å². The van der Waals surface area contributed by atoms with Gasteiger partial charge in [-0.1, -0.05) is 13.8 Å². The summed E-state index contributed by atoms with van der Waals surface area (Å²) in [5, 5.41) is 10.9. The van der Waals surface area contributed by atoms with Gasteiger partial charge >= 0.3 is 5.97 Å². The Bertz CT molecular complexity index is 419. The van der Waals surface area contributed by atoms with Gasteiger partial charge in [0.25, 0.3) is 5.56 Å². The van der Waals surface area contributed by atoms with Crippen molar-refractivity contribution in [2.24, 2.45) is 11.7 Å². The Morgan fingerprint density at radius 3 is 2.62 bits per heavy atom. The minimum atomic E-state index is -1.11. The lowest BCUT2D eigenvalue weighted by Gasteiger charge is -2.06. The third-order valence-electron chi connectivity index (χ3n) is 2.21. The molecule has 0 aliphatic heterocycles. The molecule has 6 nitrogen and oxygen atoms in total. The lowest BCUT2D eigenvalue weighted by atomic mass is 10.0. The first-order valence-corrected chi connectivity index (χ1v) is 5.09. The number of rotatable bonds is 5. The SMILES string of the molecule is CC(C)Cc1c(CC(N)C(=O)O)o[nH]c1=O. The number of carbonyl (C=O) groups is 1. The number of carboxylic acid groups (broad SMARTS) is 1. The van der Waals surface area contributed by atoms with E-state index in [9.17, 15) is 9.59 Å². The van der Waals surface area contributed by atoms with Gasteiger partial charge in [-0.2, -0.15) is 5.16 Å². The molecule has 1 rings (SSSR count). The van der Waals surface area contributed by atoms with E-state index in [1.807, 2.05) is 13.8 Å². The molecule has 1 aromatic heterocycles. The van der Waals surface area contributed by atoms with Gasteiger partial charge in [0.15, 0.2) is 0 Å². The van der Waals surface area contributed by atoms with Gasteiger partial charge in [0.2, 0.25) is 0 Å². The van der Waals surface area contributed by atoms with E-state index in [2.05, 4.69) is 5.16 Å². The highest BCUT2D eigenvalue weighted by Crippen LogP contribution is 2.11. The molecule has 0 aromatic carbocycles. The number of nitrogens with two attached hydrogens (primary N) is 1. The van der Waals surface area contributed by atoms with E-state index in [4.69, 9.17) is 15.4 Å². The van der Waals surface area contributed by atoms with Crippen LogP contribution < -0.4 is 11.3 Å². The third-order valence-corrected chi connectivity index (χ3v) is 2.21. The van der Waals surface area contributed by atoms with Gasteiger partial charge in [0, 0.05) is 6.42 Å². The average molecular weight is 228 g/mol. The molecule has 4 N–H and O–H groups in total. The quantitative estimate of drug-likeness (QED) is 0.663. The van der Waals surface area contributed by atoms with Crippen molar-refractivity contribution >= 4 is 5.97 Å². The minimum absolute atomic E-state index is 0.0239. The third kappa shape index (κ3) is 2.96. The van der Waals surface area contributed by atoms with Crippen LogP contribution in [0.15, 0.2) is 9.32 Å². The van der Waals surface area contributed by atoms with Gasteiger partial charge in [0.1, 0.15) is 11.8 Å². The highest BCUT2D eigenvalue weighted by Gasteiger charge is 2.20. The molecule has 1 unspecified atom stereocenters. The minimum Gasteiger partial charge on any atom is -0.480 e. The van der Waals surface area contributed by atoms with Crippen LogP contribution in [0.5, 0.6) is 0 Å². The van der Waals surface area contributed by atoms with E-state index in [0.717, 1.165) is 0 Å². The summed E-state index contributed by atoms with van der Waals surface area (Å²) >= 11 is 0. The molecule has 90 valence electrons. The topological polar surface area (TPSA) is 109 Å². The smallest absolute Gasteiger partial charge is 0.320 e. The van der Waals surface area contributed by atoms with Crippen molar-refractivity contribution in [3.05, 3.63) is 21.7 Å². The first kappa shape index (κ1) is 12.5. The van der Waals surface area contributed by atoms with E-state index in [-0.39, 0.29) is 12.0 Å². The molecule has 16 heavy (non-hydrogen) atoms. The van der Waals surface area contributed by atoms with Crippen molar-refractivity contribution in [3.63, 3.8) is 0 Å². The van der Waals surface area contributed by atoms with E-state index >= 15 is 0 Å². The zero-order valence-electron chi connectivity index (χ0n) is 9.32. The summed E-state index contributed by atoms with van der Waals surface area (Å²) < 4.78 is 4.94. The van der Waals surface area contributed by atoms with E-state index in [0.29, 0.717) is 23.7 Å². The predicted octanol–water partition coefficient (Wildman–Crippen LogP) is 0.121. The Morgan fingerprint density at radius 1 is 1.50 bits per heavy atom.